The van der Waals surface area contributed by atoms with Gasteiger partial charge in [-0.05, 0) is 39.8 Å². The van der Waals surface area contributed by atoms with Gasteiger partial charge < -0.3 is 15.4 Å². The van der Waals surface area contributed by atoms with E-state index in [1.54, 1.807) is 19.1 Å². The Morgan fingerprint density at radius 2 is 2.00 bits per heavy atom. The summed E-state index contributed by atoms with van der Waals surface area (Å²) in [5.41, 5.74) is -0.0485. The van der Waals surface area contributed by atoms with Crippen molar-refractivity contribution in [2.24, 2.45) is 0 Å². The molecule has 1 atom stereocenters. The first-order valence-electron chi connectivity index (χ1n) is 6.36. The number of methoxy groups -OCH3 is 1. The van der Waals surface area contributed by atoms with E-state index in [1.807, 2.05) is 20.8 Å². The number of pyridine rings is 1. The zero-order valence-corrected chi connectivity index (χ0v) is 12.5. The van der Waals surface area contributed by atoms with Crippen LogP contribution in [-0.4, -0.2) is 35.5 Å². The Balaban J connectivity index is 2.73. The topological polar surface area (TPSA) is 80.3 Å². The standard InChI is InChI=1S/C14H21N3O3/c1-9(11(18)17-14(2,3)4)16-12(19)10-7-6-8-15-13(10)20-5/h6-9H,1-5H3,(H,16,19)(H,17,18). The number of rotatable bonds is 4. The average Bonchev–Trinajstić information content (AvgIpc) is 2.36. The maximum atomic E-state index is 12.1. The summed E-state index contributed by atoms with van der Waals surface area (Å²) in [6, 6.07) is 2.58. The van der Waals surface area contributed by atoms with E-state index < -0.39 is 11.9 Å². The lowest BCUT2D eigenvalue weighted by Crippen LogP contribution is -2.50. The molecule has 6 nitrogen and oxygen atoms in total. The van der Waals surface area contributed by atoms with Crippen molar-refractivity contribution in [1.29, 1.82) is 0 Å². The van der Waals surface area contributed by atoms with Crippen molar-refractivity contribution >= 4 is 11.8 Å². The first kappa shape index (κ1) is 15.9. The molecule has 110 valence electrons. The molecule has 2 N–H and O–H groups in total. The van der Waals surface area contributed by atoms with Gasteiger partial charge in [-0.1, -0.05) is 0 Å². The predicted octanol–water partition coefficient (Wildman–Crippen LogP) is 1.12. The zero-order valence-electron chi connectivity index (χ0n) is 12.5. The lowest BCUT2D eigenvalue weighted by atomic mass is 10.1. The maximum absolute atomic E-state index is 12.1. The second-order valence-corrected chi connectivity index (χ2v) is 5.49. The number of nitrogens with one attached hydrogen (secondary N) is 2. The van der Waals surface area contributed by atoms with Gasteiger partial charge in [0.15, 0.2) is 0 Å². The van der Waals surface area contributed by atoms with Crippen LogP contribution in [0.1, 0.15) is 38.1 Å². The summed E-state index contributed by atoms with van der Waals surface area (Å²) in [6.07, 6.45) is 1.53. The Hall–Kier alpha value is -2.11. The van der Waals surface area contributed by atoms with Crippen LogP contribution in [-0.2, 0) is 4.79 Å². The fourth-order valence-electron chi connectivity index (χ4n) is 1.54. The Morgan fingerprint density at radius 1 is 1.35 bits per heavy atom. The van der Waals surface area contributed by atoms with Crippen molar-refractivity contribution in [3.63, 3.8) is 0 Å². The number of aromatic nitrogens is 1. The molecule has 1 aromatic heterocycles. The Morgan fingerprint density at radius 3 is 2.55 bits per heavy atom. The number of nitrogens with zero attached hydrogens (tertiary/aromatic N) is 1. The summed E-state index contributed by atoms with van der Waals surface area (Å²) in [4.78, 5) is 27.9. The lowest BCUT2D eigenvalue weighted by molar-refractivity contribution is -0.124. The number of amides is 2. The third-order valence-corrected chi connectivity index (χ3v) is 2.45. The minimum atomic E-state index is -0.647. The van der Waals surface area contributed by atoms with Gasteiger partial charge in [0.2, 0.25) is 11.8 Å². The summed E-state index contributed by atoms with van der Waals surface area (Å²) in [7, 11) is 1.44. The molecule has 6 heteroatoms. The van der Waals surface area contributed by atoms with Crippen LogP contribution in [0, 0.1) is 0 Å². The van der Waals surface area contributed by atoms with Gasteiger partial charge in [-0.2, -0.15) is 0 Å². The van der Waals surface area contributed by atoms with Crippen molar-refractivity contribution in [3.8, 4) is 5.88 Å². The fourth-order valence-corrected chi connectivity index (χ4v) is 1.54. The smallest absolute Gasteiger partial charge is 0.257 e. The highest BCUT2D eigenvalue weighted by molar-refractivity contribution is 5.99. The van der Waals surface area contributed by atoms with E-state index in [-0.39, 0.29) is 17.3 Å². The molecule has 20 heavy (non-hydrogen) atoms. The van der Waals surface area contributed by atoms with Gasteiger partial charge in [0.1, 0.15) is 11.6 Å². The van der Waals surface area contributed by atoms with Gasteiger partial charge in [0.25, 0.3) is 5.91 Å². The number of carbonyl (C=O) groups is 2. The maximum Gasteiger partial charge on any atom is 0.257 e. The molecule has 1 heterocycles. The fraction of sp³-hybridized carbons (Fsp3) is 0.500. The summed E-state index contributed by atoms with van der Waals surface area (Å²) >= 11 is 0. The quantitative estimate of drug-likeness (QED) is 0.865. The molecule has 0 aliphatic carbocycles. The Kier molecular flexibility index (Phi) is 5.07. The summed E-state index contributed by atoms with van der Waals surface area (Å²) in [6.45, 7) is 7.26. The molecule has 0 bridgehead atoms. The van der Waals surface area contributed by atoms with E-state index in [1.165, 1.54) is 13.3 Å². The second kappa shape index (κ2) is 6.36. The lowest BCUT2D eigenvalue weighted by Gasteiger charge is -2.23. The van der Waals surface area contributed by atoms with Crippen molar-refractivity contribution in [2.75, 3.05) is 7.11 Å². The molecule has 0 saturated carbocycles. The molecule has 1 rings (SSSR count). The normalized spacial score (nSPS) is 12.4. The van der Waals surface area contributed by atoms with E-state index in [4.69, 9.17) is 4.74 Å². The highest BCUT2D eigenvalue weighted by Gasteiger charge is 2.22. The van der Waals surface area contributed by atoms with Gasteiger partial charge in [0.05, 0.1) is 7.11 Å². The number of carbonyl (C=O) groups excluding carboxylic acids is 2. The summed E-state index contributed by atoms with van der Waals surface area (Å²) in [5, 5.41) is 5.43. The SMILES string of the molecule is COc1ncccc1C(=O)NC(C)C(=O)NC(C)(C)C. The molecule has 0 aliphatic heterocycles. The minimum Gasteiger partial charge on any atom is -0.480 e. The molecular formula is C14H21N3O3. The van der Waals surface area contributed by atoms with Crippen molar-refractivity contribution in [2.45, 2.75) is 39.3 Å². The predicted molar refractivity (Wildman–Crippen MR) is 75.6 cm³/mol. The van der Waals surface area contributed by atoms with E-state index in [9.17, 15) is 9.59 Å². The highest BCUT2D eigenvalue weighted by atomic mass is 16.5. The van der Waals surface area contributed by atoms with Gasteiger partial charge >= 0.3 is 0 Å². The van der Waals surface area contributed by atoms with Crippen LogP contribution in [0.5, 0.6) is 5.88 Å². The average molecular weight is 279 g/mol. The Labute approximate surface area is 118 Å². The van der Waals surface area contributed by atoms with Crippen LogP contribution < -0.4 is 15.4 Å². The summed E-state index contributed by atoms with van der Waals surface area (Å²) in [5.74, 6) is -0.409. The third-order valence-electron chi connectivity index (χ3n) is 2.45. The van der Waals surface area contributed by atoms with Gasteiger partial charge in [-0.3, -0.25) is 9.59 Å². The van der Waals surface area contributed by atoms with Crippen LogP contribution in [0.4, 0.5) is 0 Å². The van der Waals surface area contributed by atoms with E-state index >= 15 is 0 Å². The molecule has 0 radical (unpaired) electrons. The van der Waals surface area contributed by atoms with Crippen LogP contribution in [0.25, 0.3) is 0 Å². The third kappa shape index (κ3) is 4.53. The van der Waals surface area contributed by atoms with Crippen LogP contribution in [0.15, 0.2) is 18.3 Å². The molecule has 2 amide bonds. The number of ether oxygens (including phenoxy) is 1. The molecule has 1 aromatic rings. The molecule has 0 aliphatic rings. The number of hydrogen-bond acceptors (Lipinski definition) is 4. The molecular weight excluding hydrogens is 258 g/mol. The first-order valence-corrected chi connectivity index (χ1v) is 6.36. The minimum absolute atomic E-state index is 0.230. The van der Waals surface area contributed by atoms with Crippen molar-refractivity contribution in [1.82, 2.24) is 15.6 Å². The van der Waals surface area contributed by atoms with Crippen LogP contribution in [0.2, 0.25) is 0 Å². The first-order chi connectivity index (χ1) is 9.24. The molecule has 0 saturated heterocycles. The number of hydrogen-bond donors (Lipinski definition) is 2. The van der Waals surface area contributed by atoms with Crippen LogP contribution in [0.3, 0.4) is 0 Å². The van der Waals surface area contributed by atoms with Crippen molar-refractivity contribution in [3.05, 3.63) is 23.9 Å². The van der Waals surface area contributed by atoms with Gasteiger partial charge in [0, 0.05) is 11.7 Å². The highest BCUT2D eigenvalue weighted by Crippen LogP contribution is 2.13. The van der Waals surface area contributed by atoms with E-state index in [0.717, 1.165) is 0 Å². The second-order valence-electron chi connectivity index (χ2n) is 5.49. The molecule has 1 unspecified atom stereocenters. The molecule has 0 aromatic carbocycles. The Bertz CT molecular complexity index is 495. The van der Waals surface area contributed by atoms with E-state index in [2.05, 4.69) is 15.6 Å². The molecule has 0 spiro atoms. The molecule has 0 fully saturated rings. The van der Waals surface area contributed by atoms with Gasteiger partial charge in [-0.15, -0.1) is 0 Å². The van der Waals surface area contributed by atoms with Crippen molar-refractivity contribution < 1.29 is 14.3 Å². The largest absolute Gasteiger partial charge is 0.480 e. The zero-order chi connectivity index (χ0) is 15.3. The van der Waals surface area contributed by atoms with E-state index in [0.29, 0.717) is 5.56 Å². The monoisotopic (exact) mass is 279 g/mol. The summed E-state index contributed by atoms with van der Waals surface area (Å²) < 4.78 is 5.02. The van der Waals surface area contributed by atoms with Crippen LogP contribution >= 0.6 is 0 Å². The van der Waals surface area contributed by atoms with Gasteiger partial charge in [-0.25, -0.2) is 4.98 Å².